The molecule has 0 radical (unpaired) electrons. The number of nitrogens with one attached hydrogen (secondary N) is 1. The lowest BCUT2D eigenvalue weighted by atomic mass is 10.0. The molecular formula is C20H22N2O3. The molecule has 1 heterocycles. The molecule has 0 spiro atoms. The molecule has 2 amide bonds. The van der Waals surface area contributed by atoms with Crippen LogP contribution < -0.4 is 10.1 Å². The number of fused-ring (bicyclic) bond motifs is 1. The van der Waals surface area contributed by atoms with Gasteiger partial charge in [-0.2, -0.15) is 0 Å². The van der Waals surface area contributed by atoms with Crippen LogP contribution in [-0.4, -0.2) is 29.9 Å². The first kappa shape index (κ1) is 17.0. The molecule has 1 N–H and O–H groups in total. The predicted molar refractivity (Wildman–Crippen MR) is 96.6 cm³/mol. The van der Waals surface area contributed by atoms with Crippen LogP contribution in [0, 0.1) is 5.92 Å². The molecule has 1 atom stereocenters. The quantitative estimate of drug-likeness (QED) is 0.910. The Morgan fingerprint density at radius 3 is 2.40 bits per heavy atom. The molecule has 1 aliphatic heterocycles. The van der Waals surface area contributed by atoms with Gasteiger partial charge in [0.2, 0.25) is 5.91 Å². The molecular weight excluding hydrogens is 316 g/mol. The summed E-state index contributed by atoms with van der Waals surface area (Å²) in [6.07, 6.45) is 0. The van der Waals surface area contributed by atoms with Crippen LogP contribution in [0.3, 0.4) is 0 Å². The Morgan fingerprint density at radius 2 is 1.80 bits per heavy atom. The minimum Gasteiger partial charge on any atom is -0.497 e. The van der Waals surface area contributed by atoms with Gasteiger partial charge in [-0.1, -0.05) is 32.0 Å². The van der Waals surface area contributed by atoms with Crippen molar-refractivity contribution >= 4 is 17.5 Å². The van der Waals surface area contributed by atoms with Gasteiger partial charge in [0.15, 0.2) is 0 Å². The SMILES string of the molecule is COc1ccc(NC(=O)[C@H](C(C)C)N2Cc3ccccc3C2=O)cc1. The van der Waals surface area contributed by atoms with Crippen molar-refractivity contribution in [2.45, 2.75) is 26.4 Å². The number of amides is 2. The van der Waals surface area contributed by atoms with Crippen molar-refractivity contribution in [3.8, 4) is 5.75 Å². The number of carbonyl (C=O) groups is 2. The lowest BCUT2D eigenvalue weighted by Gasteiger charge is -2.29. The maximum absolute atomic E-state index is 12.9. The van der Waals surface area contributed by atoms with E-state index < -0.39 is 6.04 Å². The summed E-state index contributed by atoms with van der Waals surface area (Å²) in [6, 6.07) is 14.1. The summed E-state index contributed by atoms with van der Waals surface area (Å²) >= 11 is 0. The van der Waals surface area contributed by atoms with E-state index in [0.29, 0.717) is 17.8 Å². The molecule has 0 aliphatic carbocycles. The number of ether oxygens (including phenoxy) is 1. The van der Waals surface area contributed by atoms with E-state index in [4.69, 9.17) is 4.74 Å². The van der Waals surface area contributed by atoms with Gasteiger partial charge in [-0.3, -0.25) is 9.59 Å². The molecule has 0 saturated heterocycles. The second-order valence-corrected chi connectivity index (χ2v) is 6.50. The summed E-state index contributed by atoms with van der Waals surface area (Å²) < 4.78 is 5.13. The number of hydrogen-bond donors (Lipinski definition) is 1. The summed E-state index contributed by atoms with van der Waals surface area (Å²) in [4.78, 5) is 27.2. The Morgan fingerprint density at radius 1 is 1.12 bits per heavy atom. The van der Waals surface area contributed by atoms with Crippen molar-refractivity contribution in [2.75, 3.05) is 12.4 Å². The maximum Gasteiger partial charge on any atom is 0.255 e. The van der Waals surface area contributed by atoms with Gasteiger partial charge in [0, 0.05) is 17.8 Å². The summed E-state index contributed by atoms with van der Waals surface area (Å²) in [5, 5.41) is 2.91. The van der Waals surface area contributed by atoms with Crippen molar-refractivity contribution in [3.05, 3.63) is 59.7 Å². The van der Waals surface area contributed by atoms with Crippen LogP contribution in [-0.2, 0) is 11.3 Å². The fraction of sp³-hybridized carbons (Fsp3) is 0.300. The summed E-state index contributed by atoms with van der Waals surface area (Å²) in [7, 11) is 1.60. The molecule has 0 aromatic heterocycles. The molecule has 0 fully saturated rings. The number of hydrogen-bond acceptors (Lipinski definition) is 3. The van der Waals surface area contributed by atoms with E-state index in [9.17, 15) is 9.59 Å². The molecule has 25 heavy (non-hydrogen) atoms. The van der Waals surface area contributed by atoms with Crippen molar-refractivity contribution in [3.63, 3.8) is 0 Å². The highest BCUT2D eigenvalue weighted by molar-refractivity contribution is 6.03. The monoisotopic (exact) mass is 338 g/mol. The van der Waals surface area contributed by atoms with Gasteiger partial charge in [0.25, 0.3) is 5.91 Å². The largest absolute Gasteiger partial charge is 0.497 e. The summed E-state index contributed by atoms with van der Waals surface area (Å²) in [5.74, 6) is 0.459. The van der Waals surface area contributed by atoms with Gasteiger partial charge in [-0.25, -0.2) is 0 Å². The van der Waals surface area contributed by atoms with E-state index in [-0.39, 0.29) is 17.7 Å². The zero-order valence-corrected chi connectivity index (χ0v) is 14.7. The second-order valence-electron chi connectivity index (χ2n) is 6.50. The third-order valence-corrected chi connectivity index (χ3v) is 4.44. The third kappa shape index (κ3) is 3.36. The van der Waals surface area contributed by atoms with Gasteiger partial charge in [0.1, 0.15) is 11.8 Å². The highest BCUT2D eigenvalue weighted by Crippen LogP contribution is 2.27. The fourth-order valence-corrected chi connectivity index (χ4v) is 3.20. The highest BCUT2D eigenvalue weighted by atomic mass is 16.5. The normalized spacial score (nSPS) is 14.4. The lowest BCUT2D eigenvalue weighted by molar-refractivity contribution is -0.122. The van der Waals surface area contributed by atoms with Crippen LogP contribution in [0.15, 0.2) is 48.5 Å². The minimum atomic E-state index is -0.526. The minimum absolute atomic E-state index is 0.00323. The number of anilines is 1. The van der Waals surface area contributed by atoms with Gasteiger partial charge in [0.05, 0.1) is 7.11 Å². The standard InChI is InChI=1S/C20H22N2O3/c1-13(2)18(19(23)21-15-8-10-16(25-3)11-9-15)22-12-14-6-4-5-7-17(14)20(22)24/h4-11,13,18H,12H2,1-3H3,(H,21,23)/t18-/m0/s1. The smallest absolute Gasteiger partial charge is 0.255 e. The average Bonchev–Trinajstić information content (AvgIpc) is 2.92. The molecule has 3 rings (SSSR count). The molecule has 0 unspecified atom stereocenters. The second kappa shape index (κ2) is 6.97. The molecule has 5 heteroatoms. The third-order valence-electron chi connectivity index (χ3n) is 4.44. The predicted octanol–water partition coefficient (Wildman–Crippen LogP) is 3.31. The van der Waals surface area contributed by atoms with E-state index in [1.165, 1.54) is 0 Å². The Balaban J connectivity index is 1.79. The Labute approximate surface area is 147 Å². The van der Waals surface area contributed by atoms with Crippen molar-refractivity contribution in [2.24, 2.45) is 5.92 Å². The molecule has 2 aromatic rings. The number of benzene rings is 2. The van der Waals surface area contributed by atoms with Gasteiger partial charge in [-0.05, 0) is 41.8 Å². The van der Waals surface area contributed by atoms with Gasteiger partial charge >= 0.3 is 0 Å². The van der Waals surface area contributed by atoms with Crippen LogP contribution in [0.5, 0.6) is 5.75 Å². The van der Waals surface area contributed by atoms with E-state index in [1.807, 2.05) is 38.1 Å². The number of methoxy groups -OCH3 is 1. The zero-order valence-electron chi connectivity index (χ0n) is 14.7. The van der Waals surface area contributed by atoms with Crippen LogP contribution in [0.4, 0.5) is 5.69 Å². The lowest BCUT2D eigenvalue weighted by Crippen LogP contribution is -2.47. The summed E-state index contributed by atoms with van der Waals surface area (Å²) in [5.41, 5.74) is 2.33. The van der Waals surface area contributed by atoms with Crippen LogP contribution >= 0.6 is 0 Å². The van der Waals surface area contributed by atoms with Crippen molar-refractivity contribution < 1.29 is 14.3 Å². The summed E-state index contributed by atoms with van der Waals surface area (Å²) in [6.45, 7) is 4.37. The zero-order chi connectivity index (χ0) is 18.0. The Kier molecular flexibility index (Phi) is 4.74. The van der Waals surface area contributed by atoms with Crippen LogP contribution in [0.1, 0.15) is 29.8 Å². The Bertz CT molecular complexity index is 784. The average molecular weight is 338 g/mol. The van der Waals surface area contributed by atoms with E-state index in [1.54, 1.807) is 36.3 Å². The van der Waals surface area contributed by atoms with E-state index in [0.717, 1.165) is 11.3 Å². The topological polar surface area (TPSA) is 58.6 Å². The van der Waals surface area contributed by atoms with Crippen LogP contribution in [0.25, 0.3) is 0 Å². The van der Waals surface area contributed by atoms with E-state index >= 15 is 0 Å². The van der Waals surface area contributed by atoms with Crippen LogP contribution in [0.2, 0.25) is 0 Å². The molecule has 0 saturated carbocycles. The maximum atomic E-state index is 12.9. The number of carbonyl (C=O) groups excluding carboxylic acids is 2. The molecule has 5 nitrogen and oxygen atoms in total. The first-order valence-corrected chi connectivity index (χ1v) is 8.35. The first-order chi connectivity index (χ1) is 12.0. The number of rotatable bonds is 5. The molecule has 2 aromatic carbocycles. The Hall–Kier alpha value is -2.82. The number of nitrogens with zero attached hydrogens (tertiary/aromatic N) is 1. The first-order valence-electron chi connectivity index (χ1n) is 8.35. The van der Waals surface area contributed by atoms with Crippen molar-refractivity contribution in [1.29, 1.82) is 0 Å². The molecule has 0 bridgehead atoms. The fourth-order valence-electron chi connectivity index (χ4n) is 3.20. The molecule has 1 aliphatic rings. The molecule has 130 valence electrons. The van der Waals surface area contributed by atoms with E-state index in [2.05, 4.69) is 5.32 Å². The van der Waals surface area contributed by atoms with Gasteiger partial charge < -0.3 is 15.0 Å². The van der Waals surface area contributed by atoms with Crippen molar-refractivity contribution in [1.82, 2.24) is 4.90 Å². The highest BCUT2D eigenvalue weighted by Gasteiger charge is 2.37. The van der Waals surface area contributed by atoms with Gasteiger partial charge in [-0.15, -0.1) is 0 Å².